The van der Waals surface area contributed by atoms with Gasteiger partial charge in [0.1, 0.15) is 0 Å². The summed E-state index contributed by atoms with van der Waals surface area (Å²) in [5, 5.41) is 2.83. The molecule has 3 nitrogen and oxygen atoms in total. The zero-order valence-electron chi connectivity index (χ0n) is 22.3. The third-order valence-electron chi connectivity index (χ3n) is 9.12. The monoisotopic (exact) mass is 679 g/mol. The van der Waals surface area contributed by atoms with Gasteiger partial charge in [0, 0.05) is 67.1 Å². The minimum absolute atomic E-state index is 0. The van der Waals surface area contributed by atoms with E-state index in [1.54, 1.807) is 11.1 Å². The third kappa shape index (κ3) is 4.27. The van der Waals surface area contributed by atoms with Crippen LogP contribution in [0.25, 0.3) is 38.9 Å². The van der Waals surface area contributed by atoms with Gasteiger partial charge in [-0.3, -0.25) is 4.98 Å². The Balaban J connectivity index is 0.00000264. The quantitative estimate of drug-likeness (QED) is 0.174. The van der Waals surface area contributed by atoms with Crippen molar-refractivity contribution in [2.75, 3.05) is 0 Å². The molecule has 5 aromatic rings. The predicted molar refractivity (Wildman–Crippen MR) is 153 cm³/mol. The van der Waals surface area contributed by atoms with Gasteiger partial charge < -0.3 is 9.13 Å². The molecule has 2 aromatic heterocycles. The fraction of sp³-hybridized carbons (Fsp3) is 0.382. The van der Waals surface area contributed by atoms with Gasteiger partial charge >= 0.3 is 0 Å². The maximum absolute atomic E-state index is 4.91. The number of rotatable bonds is 4. The Morgan fingerprint density at radius 2 is 1.53 bits per heavy atom. The summed E-state index contributed by atoms with van der Waals surface area (Å²) in [7, 11) is 2.28. The van der Waals surface area contributed by atoms with Gasteiger partial charge in [0.05, 0.1) is 11.3 Å². The molecule has 3 aromatic carbocycles. The van der Waals surface area contributed by atoms with Gasteiger partial charge in [-0.1, -0.05) is 56.7 Å². The number of nitrogens with zero attached hydrogens (tertiary/aromatic N) is 3. The van der Waals surface area contributed by atoms with Crippen molar-refractivity contribution in [1.29, 1.82) is 0 Å². The van der Waals surface area contributed by atoms with Crippen LogP contribution in [0.3, 0.4) is 0 Å². The molecule has 2 fully saturated rings. The van der Waals surface area contributed by atoms with Crippen molar-refractivity contribution in [3.05, 3.63) is 84.2 Å². The van der Waals surface area contributed by atoms with Crippen LogP contribution >= 0.6 is 0 Å². The number of aryl methyl sites for hydroxylation is 1. The summed E-state index contributed by atoms with van der Waals surface area (Å²) in [6.45, 7) is 0. The van der Waals surface area contributed by atoms with E-state index in [9.17, 15) is 0 Å². The van der Waals surface area contributed by atoms with Crippen LogP contribution in [0.15, 0.2) is 67.0 Å². The van der Waals surface area contributed by atoms with Crippen molar-refractivity contribution in [2.24, 2.45) is 7.05 Å². The normalized spacial score (nSPS) is 17.2. The molecule has 4 heteroatoms. The number of fused-ring (bicyclic) bond motifs is 3. The molecule has 1 radical (unpaired) electrons. The van der Waals surface area contributed by atoms with E-state index < -0.39 is 0 Å². The second-order valence-corrected chi connectivity index (χ2v) is 11.3. The SMILES string of the molecule is Cn1c2ccccc2c2cc(C3CCCCC3)c(-n3ccnc3-c3[c-]cccc3)c(C3CCCCC3)c21.[Ir]. The van der Waals surface area contributed by atoms with Crippen molar-refractivity contribution in [3.8, 4) is 17.1 Å². The van der Waals surface area contributed by atoms with Gasteiger partial charge in [-0.2, -0.15) is 0 Å². The topological polar surface area (TPSA) is 22.8 Å². The maximum Gasteiger partial charge on any atom is 0.0602 e. The van der Waals surface area contributed by atoms with Crippen molar-refractivity contribution in [2.45, 2.75) is 76.0 Å². The standard InChI is InChI=1S/C34H36N3.Ir/c1-36-30-20-12-11-19-27(30)29-23-28(24-13-5-2-6-14-24)33(31(32(29)36)25-15-7-3-8-16-25)37-22-21-35-34(37)26-17-9-4-10-18-26;/h4,9-12,17,19-25H,2-3,5-8,13-16H2,1H3;/q-1;. The molecular formula is C34H36IrN3-. The summed E-state index contributed by atoms with van der Waals surface area (Å²) >= 11 is 0. The second-order valence-electron chi connectivity index (χ2n) is 11.3. The molecule has 0 spiro atoms. The molecule has 0 bridgehead atoms. The zero-order valence-corrected chi connectivity index (χ0v) is 24.6. The van der Waals surface area contributed by atoms with E-state index in [4.69, 9.17) is 4.98 Å². The summed E-state index contributed by atoms with van der Waals surface area (Å²) in [5.41, 5.74) is 8.35. The molecule has 7 rings (SSSR count). The molecule has 0 unspecified atom stereocenters. The molecule has 0 atom stereocenters. The number of benzene rings is 3. The van der Waals surface area contributed by atoms with Crippen molar-refractivity contribution < 1.29 is 20.1 Å². The van der Waals surface area contributed by atoms with Crippen LogP contribution in [0.1, 0.15) is 87.2 Å². The van der Waals surface area contributed by atoms with Gasteiger partial charge in [0.25, 0.3) is 0 Å². The summed E-state index contributed by atoms with van der Waals surface area (Å²) in [6.07, 6.45) is 17.4. The van der Waals surface area contributed by atoms with Crippen molar-refractivity contribution >= 4 is 21.8 Å². The summed E-state index contributed by atoms with van der Waals surface area (Å²) in [5.74, 6) is 2.19. The Bertz CT molecular complexity index is 1550. The number of hydrogen-bond donors (Lipinski definition) is 0. The van der Waals surface area contributed by atoms with Crippen LogP contribution in [0.5, 0.6) is 0 Å². The molecule has 2 aliphatic rings. The Kier molecular flexibility index (Phi) is 7.29. The maximum atomic E-state index is 4.91. The van der Waals surface area contributed by atoms with E-state index in [1.807, 2.05) is 18.3 Å². The van der Waals surface area contributed by atoms with E-state index in [2.05, 4.69) is 70.9 Å². The molecule has 0 N–H and O–H groups in total. The Morgan fingerprint density at radius 1 is 0.816 bits per heavy atom. The number of imidazole rings is 1. The van der Waals surface area contributed by atoms with E-state index >= 15 is 0 Å². The van der Waals surface area contributed by atoms with Gasteiger partial charge in [-0.25, -0.2) is 0 Å². The summed E-state index contributed by atoms with van der Waals surface area (Å²) in [4.78, 5) is 4.91. The number of para-hydroxylation sites is 1. The first-order chi connectivity index (χ1) is 18.3. The van der Waals surface area contributed by atoms with Crippen LogP contribution in [-0.2, 0) is 27.2 Å². The molecule has 197 valence electrons. The number of hydrogen-bond acceptors (Lipinski definition) is 1. The third-order valence-corrected chi connectivity index (χ3v) is 9.12. The molecule has 2 aliphatic carbocycles. The minimum atomic E-state index is 0. The largest absolute Gasteiger partial charge is 0.343 e. The van der Waals surface area contributed by atoms with Crippen LogP contribution in [0.4, 0.5) is 0 Å². The molecule has 2 saturated carbocycles. The van der Waals surface area contributed by atoms with E-state index in [0.29, 0.717) is 11.8 Å². The van der Waals surface area contributed by atoms with Gasteiger partial charge in [-0.05, 0) is 55.2 Å². The average Bonchev–Trinajstić information content (AvgIpc) is 3.57. The van der Waals surface area contributed by atoms with Gasteiger partial charge in [-0.15, -0.1) is 35.9 Å². The Hall–Kier alpha value is -2.68. The van der Waals surface area contributed by atoms with Gasteiger partial charge in [0.2, 0.25) is 0 Å². The van der Waals surface area contributed by atoms with Crippen LogP contribution in [0.2, 0.25) is 0 Å². The first-order valence-corrected chi connectivity index (χ1v) is 14.4. The summed E-state index contributed by atoms with van der Waals surface area (Å²) < 4.78 is 4.91. The fourth-order valence-corrected chi connectivity index (χ4v) is 7.37. The summed E-state index contributed by atoms with van der Waals surface area (Å²) in [6, 6.07) is 23.3. The predicted octanol–water partition coefficient (Wildman–Crippen LogP) is 9.08. The second kappa shape index (κ2) is 10.8. The van der Waals surface area contributed by atoms with Crippen LogP contribution in [0, 0.1) is 6.07 Å². The van der Waals surface area contributed by atoms with Gasteiger partial charge in [0.15, 0.2) is 0 Å². The van der Waals surface area contributed by atoms with Crippen molar-refractivity contribution in [3.63, 3.8) is 0 Å². The van der Waals surface area contributed by atoms with Crippen LogP contribution in [-0.4, -0.2) is 14.1 Å². The zero-order chi connectivity index (χ0) is 24.8. The van der Waals surface area contributed by atoms with E-state index in [1.165, 1.54) is 91.7 Å². The van der Waals surface area contributed by atoms with Crippen molar-refractivity contribution in [1.82, 2.24) is 14.1 Å². The number of aromatic nitrogens is 3. The molecule has 38 heavy (non-hydrogen) atoms. The molecule has 2 heterocycles. The van der Waals surface area contributed by atoms with Crippen LogP contribution < -0.4 is 0 Å². The average molecular weight is 679 g/mol. The van der Waals surface area contributed by atoms with E-state index in [0.717, 1.165) is 11.4 Å². The minimum Gasteiger partial charge on any atom is -0.343 e. The first-order valence-electron chi connectivity index (χ1n) is 14.4. The molecule has 0 amide bonds. The first kappa shape index (κ1) is 25.6. The smallest absolute Gasteiger partial charge is 0.0602 e. The molecule has 0 saturated heterocycles. The fourth-order valence-electron chi connectivity index (χ4n) is 7.37. The van der Waals surface area contributed by atoms with E-state index in [-0.39, 0.29) is 20.1 Å². The Morgan fingerprint density at radius 3 is 2.26 bits per heavy atom. The Labute approximate surface area is 239 Å². The molecular weight excluding hydrogens is 643 g/mol. The molecule has 0 aliphatic heterocycles.